The highest BCUT2D eigenvalue weighted by molar-refractivity contribution is 5.95. The van der Waals surface area contributed by atoms with Gasteiger partial charge in [0.1, 0.15) is 0 Å². The summed E-state index contributed by atoms with van der Waals surface area (Å²) in [6.07, 6.45) is 3.50. The molecule has 1 aromatic rings. The molecule has 22 heavy (non-hydrogen) atoms. The molecule has 5 nitrogen and oxygen atoms in total. The Morgan fingerprint density at radius 2 is 1.77 bits per heavy atom. The number of carbonyl (C=O) groups is 1. The molecule has 0 aromatic heterocycles. The lowest BCUT2D eigenvalue weighted by Gasteiger charge is -2.22. The van der Waals surface area contributed by atoms with Crippen LogP contribution < -0.4 is 9.47 Å². The standard InChI is InChI=1S/C17H24N2O3/c1-18(2)10-14(11-19(3)4)15(20)7-5-13-6-8-16-17(9-13)22-12-21-16/h5-9,14H,10-12H2,1-4H3/b7-5+. The topological polar surface area (TPSA) is 42.0 Å². The third-order valence-corrected chi connectivity index (χ3v) is 3.41. The van der Waals surface area contributed by atoms with E-state index in [2.05, 4.69) is 0 Å². The van der Waals surface area contributed by atoms with Crippen molar-refractivity contribution in [2.24, 2.45) is 5.92 Å². The zero-order valence-corrected chi connectivity index (χ0v) is 13.7. The van der Waals surface area contributed by atoms with Crippen LogP contribution in [0.3, 0.4) is 0 Å². The lowest BCUT2D eigenvalue weighted by Crippen LogP contribution is -2.34. The van der Waals surface area contributed by atoms with Crippen molar-refractivity contribution in [3.63, 3.8) is 0 Å². The zero-order chi connectivity index (χ0) is 16.1. The van der Waals surface area contributed by atoms with Gasteiger partial charge in [-0.2, -0.15) is 0 Å². The maximum absolute atomic E-state index is 12.4. The number of nitrogens with zero attached hydrogens (tertiary/aromatic N) is 2. The fourth-order valence-corrected chi connectivity index (χ4v) is 2.45. The molecule has 0 bridgehead atoms. The van der Waals surface area contributed by atoms with Gasteiger partial charge in [0, 0.05) is 19.0 Å². The first-order valence-electron chi connectivity index (χ1n) is 7.36. The molecule has 5 heteroatoms. The van der Waals surface area contributed by atoms with E-state index in [1.165, 1.54) is 0 Å². The van der Waals surface area contributed by atoms with E-state index in [0.29, 0.717) is 0 Å². The van der Waals surface area contributed by atoms with Gasteiger partial charge in [-0.1, -0.05) is 12.1 Å². The molecule has 0 unspecified atom stereocenters. The molecule has 120 valence electrons. The Balaban J connectivity index is 2.04. The second-order valence-corrected chi connectivity index (χ2v) is 6.07. The largest absolute Gasteiger partial charge is 0.454 e. The van der Waals surface area contributed by atoms with E-state index >= 15 is 0 Å². The Hall–Kier alpha value is -1.85. The Morgan fingerprint density at radius 1 is 1.14 bits per heavy atom. The maximum atomic E-state index is 12.4. The molecular weight excluding hydrogens is 280 g/mol. The van der Waals surface area contributed by atoms with Crippen molar-refractivity contribution >= 4 is 11.9 Å². The molecule has 1 aromatic carbocycles. The summed E-state index contributed by atoms with van der Waals surface area (Å²) in [6.45, 7) is 1.74. The number of fused-ring (bicyclic) bond motifs is 1. The summed E-state index contributed by atoms with van der Waals surface area (Å²) >= 11 is 0. The summed E-state index contributed by atoms with van der Waals surface area (Å²) in [7, 11) is 7.93. The van der Waals surface area contributed by atoms with Crippen LogP contribution in [0.5, 0.6) is 11.5 Å². The van der Waals surface area contributed by atoms with Crippen molar-refractivity contribution in [2.45, 2.75) is 0 Å². The van der Waals surface area contributed by atoms with Crippen molar-refractivity contribution in [1.82, 2.24) is 9.80 Å². The van der Waals surface area contributed by atoms with Gasteiger partial charge in [0.05, 0.1) is 0 Å². The second kappa shape index (κ2) is 7.42. The van der Waals surface area contributed by atoms with Crippen molar-refractivity contribution in [1.29, 1.82) is 0 Å². The fourth-order valence-electron chi connectivity index (χ4n) is 2.45. The molecule has 0 saturated heterocycles. The first kappa shape index (κ1) is 16.5. The van der Waals surface area contributed by atoms with Crippen molar-refractivity contribution < 1.29 is 14.3 Å². The highest BCUT2D eigenvalue weighted by Crippen LogP contribution is 2.32. The number of ketones is 1. The summed E-state index contributed by atoms with van der Waals surface area (Å²) in [5.41, 5.74) is 0.936. The molecule has 0 radical (unpaired) electrons. The predicted molar refractivity (Wildman–Crippen MR) is 87.2 cm³/mol. The van der Waals surface area contributed by atoms with Crippen LogP contribution in [0.1, 0.15) is 5.56 Å². The Kier molecular flexibility index (Phi) is 5.57. The van der Waals surface area contributed by atoms with Crippen molar-refractivity contribution in [3.05, 3.63) is 29.8 Å². The summed E-state index contributed by atoms with van der Waals surface area (Å²) < 4.78 is 10.6. The number of rotatable bonds is 7. The lowest BCUT2D eigenvalue weighted by molar-refractivity contribution is -0.119. The summed E-state index contributed by atoms with van der Waals surface area (Å²) in [5.74, 6) is 1.59. The molecule has 0 spiro atoms. The SMILES string of the molecule is CN(C)CC(CN(C)C)C(=O)/C=C/c1ccc2c(c1)OCO2. The number of hydrogen-bond donors (Lipinski definition) is 0. The minimum absolute atomic E-state index is 0.0322. The van der Waals surface area contributed by atoms with E-state index in [4.69, 9.17) is 9.47 Å². The van der Waals surface area contributed by atoms with Gasteiger partial charge < -0.3 is 19.3 Å². The van der Waals surface area contributed by atoms with E-state index < -0.39 is 0 Å². The molecule has 1 aliphatic rings. The minimum Gasteiger partial charge on any atom is -0.454 e. The van der Waals surface area contributed by atoms with E-state index in [0.717, 1.165) is 30.2 Å². The molecule has 1 heterocycles. The molecule has 0 atom stereocenters. The molecule has 0 fully saturated rings. The van der Waals surface area contributed by atoms with Gasteiger partial charge in [0.15, 0.2) is 17.3 Å². The summed E-state index contributed by atoms with van der Waals surface area (Å²) in [6, 6.07) is 5.67. The summed E-state index contributed by atoms with van der Waals surface area (Å²) in [4.78, 5) is 16.5. The Morgan fingerprint density at radius 3 is 2.41 bits per heavy atom. The molecule has 0 saturated carbocycles. The number of carbonyl (C=O) groups excluding carboxylic acids is 1. The summed E-state index contributed by atoms with van der Waals surface area (Å²) in [5, 5.41) is 0. The smallest absolute Gasteiger partial charge is 0.231 e. The van der Waals surface area contributed by atoms with E-state index in [-0.39, 0.29) is 18.5 Å². The van der Waals surface area contributed by atoms with Crippen LogP contribution >= 0.6 is 0 Å². The average molecular weight is 304 g/mol. The van der Waals surface area contributed by atoms with Crippen LogP contribution in [0.4, 0.5) is 0 Å². The molecule has 2 rings (SSSR count). The number of benzene rings is 1. The zero-order valence-electron chi connectivity index (χ0n) is 13.7. The van der Waals surface area contributed by atoms with Gasteiger partial charge in [0.25, 0.3) is 0 Å². The highest BCUT2D eigenvalue weighted by Gasteiger charge is 2.18. The minimum atomic E-state index is -0.0322. The van der Waals surface area contributed by atoms with Crippen LogP contribution in [-0.4, -0.2) is 63.7 Å². The fraction of sp³-hybridized carbons (Fsp3) is 0.471. The van der Waals surface area contributed by atoms with Crippen LogP contribution in [0.25, 0.3) is 6.08 Å². The maximum Gasteiger partial charge on any atom is 0.231 e. The van der Waals surface area contributed by atoms with E-state index in [1.54, 1.807) is 6.08 Å². The number of hydrogen-bond acceptors (Lipinski definition) is 5. The Labute approximate surface area is 132 Å². The van der Waals surface area contributed by atoms with Crippen LogP contribution in [0.15, 0.2) is 24.3 Å². The number of allylic oxidation sites excluding steroid dienone is 1. The van der Waals surface area contributed by atoms with Gasteiger partial charge in [-0.05, 0) is 52.0 Å². The van der Waals surface area contributed by atoms with Gasteiger partial charge in [0.2, 0.25) is 6.79 Å². The first-order valence-corrected chi connectivity index (χ1v) is 7.36. The predicted octanol–water partition coefficient (Wildman–Crippen LogP) is 1.74. The van der Waals surface area contributed by atoms with E-state index in [9.17, 15) is 4.79 Å². The third-order valence-electron chi connectivity index (χ3n) is 3.41. The third kappa shape index (κ3) is 4.58. The van der Waals surface area contributed by atoms with Crippen LogP contribution in [-0.2, 0) is 4.79 Å². The lowest BCUT2D eigenvalue weighted by atomic mass is 10.0. The van der Waals surface area contributed by atoms with Gasteiger partial charge in [-0.25, -0.2) is 0 Å². The molecule has 0 amide bonds. The number of ether oxygens (including phenoxy) is 2. The normalized spacial score (nSPS) is 13.8. The molecule has 0 N–H and O–H groups in total. The van der Waals surface area contributed by atoms with E-state index in [1.807, 2.05) is 62.3 Å². The van der Waals surface area contributed by atoms with Gasteiger partial charge >= 0.3 is 0 Å². The quantitative estimate of drug-likeness (QED) is 0.718. The molecule has 1 aliphatic heterocycles. The first-order chi connectivity index (χ1) is 10.5. The molecule has 0 aliphatic carbocycles. The van der Waals surface area contributed by atoms with Crippen molar-refractivity contribution in [3.8, 4) is 11.5 Å². The van der Waals surface area contributed by atoms with Crippen LogP contribution in [0, 0.1) is 5.92 Å². The van der Waals surface area contributed by atoms with Gasteiger partial charge in [-0.15, -0.1) is 0 Å². The Bertz CT molecular complexity index is 543. The van der Waals surface area contributed by atoms with Crippen molar-refractivity contribution in [2.75, 3.05) is 48.1 Å². The highest BCUT2D eigenvalue weighted by atomic mass is 16.7. The molecular formula is C17H24N2O3. The monoisotopic (exact) mass is 304 g/mol. The van der Waals surface area contributed by atoms with Gasteiger partial charge in [-0.3, -0.25) is 4.79 Å². The average Bonchev–Trinajstić information content (AvgIpc) is 2.90. The second-order valence-electron chi connectivity index (χ2n) is 6.07. The van der Waals surface area contributed by atoms with Crippen LogP contribution in [0.2, 0.25) is 0 Å².